The molecule has 5 heteroatoms. The predicted molar refractivity (Wildman–Crippen MR) is 94.8 cm³/mol. The molecule has 23 heavy (non-hydrogen) atoms. The Morgan fingerprint density at radius 2 is 2.22 bits per heavy atom. The first kappa shape index (κ1) is 16.2. The van der Waals surface area contributed by atoms with Gasteiger partial charge in [-0.2, -0.15) is 10.1 Å². The van der Waals surface area contributed by atoms with Crippen LogP contribution in [0.5, 0.6) is 0 Å². The van der Waals surface area contributed by atoms with Crippen LogP contribution in [-0.2, 0) is 0 Å². The Balaban J connectivity index is 1.57. The molecular weight excluding hydrogens is 286 g/mol. The molecule has 1 aliphatic heterocycles. The summed E-state index contributed by atoms with van der Waals surface area (Å²) in [5.74, 6) is 1.64. The second-order valence-electron chi connectivity index (χ2n) is 6.68. The van der Waals surface area contributed by atoms with Crippen LogP contribution >= 0.6 is 0 Å². The van der Waals surface area contributed by atoms with Gasteiger partial charge in [-0.05, 0) is 57.8 Å². The van der Waals surface area contributed by atoms with Crippen LogP contribution in [0.25, 0.3) is 0 Å². The van der Waals surface area contributed by atoms with Crippen molar-refractivity contribution in [3.63, 3.8) is 0 Å². The van der Waals surface area contributed by atoms with Crippen molar-refractivity contribution in [3.05, 3.63) is 17.8 Å². The predicted octanol–water partition coefficient (Wildman–Crippen LogP) is 3.94. The number of anilines is 2. The first-order valence-corrected chi connectivity index (χ1v) is 9.25. The Morgan fingerprint density at radius 3 is 3.04 bits per heavy atom. The van der Waals surface area contributed by atoms with Gasteiger partial charge in [0.05, 0.1) is 6.20 Å². The highest BCUT2D eigenvalue weighted by Crippen LogP contribution is 2.24. The fourth-order valence-corrected chi connectivity index (χ4v) is 3.67. The third kappa shape index (κ3) is 4.43. The zero-order valence-electron chi connectivity index (χ0n) is 14.3. The van der Waals surface area contributed by atoms with Crippen molar-refractivity contribution >= 4 is 11.8 Å². The molecule has 2 heterocycles. The van der Waals surface area contributed by atoms with Crippen LogP contribution in [-0.4, -0.2) is 34.3 Å². The Bertz CT molecular complexity index is 528. The summed E-state index contributed by atoms with van der Waals surface area (Å²) in [6.07, 6.45) is 15.4. The molecule has 3 rings (SSSR count). The van der Waals surface area contributed by atoms with Crippen molar-refractivity contribution in [2.24, 2.45) is 0 Å². The topological polar surface area (TPSA) is 53.9 Å². The van der Waals surface area contributed by atoms with E-state index in [2.05, 4.69) is 33.4 Å². The minimum atomic E-state index is 0.563. The highest BCUT2D eigenvalue weighted by Gasteiger charge is 2.23. The zero-order chi connectivity index (χ0) is 15.9. The lowest BCUT2D eigenvalue weighted by atomic mass is 9.97. The molecule has 1 aromatic heterocycles. The average Bonchev–Trinajstić information content (AvgIpc) is 2.63. The Kier molecular flexibility index (Phi) is 5.83. The van der Waals surface area contributed by atoms with E-state index in [1.54, 1.807) is 11.8 Å². The maximum Gasteiger partial charge on any atom is 0.247 e. The molecule has 0 bridgehead atoms. The lowest BCUT2D eigenvalue weighted by molar-refractivity contribution is 0.441. The molecular formula is C18H29N5. The largest absolute Gasteiger partial charge is 0.368 e. The lowest BCUT2D eigenvalue weighted by Crippen LogP contribution is -2.40. The molecule has 1 atom stereocenters. The summed E-state index contributed by atoms with van der Waals surface area (Å²) in [4.78, 5) is 7.04. The van der Waals surface area contributed by atoms with Gasteiger partial charge in [0, 0.05) is 19.1 Å². The van der Waals surface area contributed by atoms with E-state index >= 15 is 0 Å². The van der Waals surface area contributed by atoms with Crippen LogP contribution in [0, 0.1) is 0 Å². The number of nitrogens with zero attached hydrogens (tertiary/aromatic N) is 4. The molecule has 0 saturated carbocycles. The van der Waals surface area contributed by atoms with Crippen LogP contribution < -0.4 is 10.2 Å². The van der Waals surface area contributed by atoms with E-state index in [-0.39, 0.29) is 0 Å². The number of piperidine rings is 1. The number of hydrogen-bond donors (Lipinski definition) is 1. The lowest BCUT2D eigenvalue weighted by Gasteiger charge is -2.34. The summed E-state index contributed by atoms with van der Waals surface area (Å²) >= 11 is 0. The van der Waals surface area contributed by atoms with Gasteiger partial charge >= 0.3 is 0 Å². The van der Waals surface area contributed by atoms with E-state index in [1.807, 2.05) is 0 Å². The van der Waals surface area contributed by atoms with Crippen molar-refractivity contribution in [2.45, 2.75) is 70.8 Å². The first-order valence-electron chi connectivity index (χ1n) is 9.25. The Hall–Kier alpha value is -1.65. The molecule has 0 aromatic carbocycles. The number of rotatable bonds is 6. The number of nitrogens with one attached hydrogen (secondary N) is 1. The summed E-state index contributed by atoms with van der Waals surface area (Å²) in [7, 11) is 0. The quantitative estimate of drug-likeness (QED) is 0.806. The average molecular weight is 315 g/mol. The molecule has 0 amide bonds. The van der Waals surface area contributed by atoms with Gasteiger partial charge in [-0.15, -0.1) is 5.10 Å². The zero-order valence-corrected chi connectivity index (χ0v) is 14.3. The maximum atomic E-state index is 4.70. The summed E-state index contributed by atoms with van der Waals surface area (Å²) in [5.41, 5.74) is 1.59. The van der Waals surface area contributed by atoms with Gasteiger partial charge in [-0.3, -0.25) is 0 Å². The molecule has 126 valence electrons. The second-order valence-corrected chi connectivity index (χ2v) is 6.68. The standard InChI is InChI=1S/C18H29N5/c1-2-16-10-6-7-13-23(16)18-21-17(14-20-22-18)19-12-11-15-8-4-3-5-9-15/h8,14,16H,2-7,9-13H2,1H3,(H,19,21,22). The van der Waals surface area contributed by atoms with Crippen LogP contribution in [0.4, 0.5) is 11.8 Å². The SMILES string of the molecule is CCC1CCCCN1c1nncc(NCCC2=CCCCC2)n1. The molecule has 0 radical (unpaired) electrons. The van der Waals surface area contributed by atoms with E-state index < -0.39 is 0 Å². The van der Waals surface area contributed by atoms with E-state index in [4.69, 9.17) is 4.98 Å². The highest BCUT2D eigenvalue weighted by atomic mass is 15.3. The molecule has 1 fully saturated rings. The summed E-state index contributed by atoms with van der Waals surface area (Å²) in [6, 6.07) is 0.563. The fourth-order valence-electron chi connectivity index (χ4n) is 3.67. The smallest absolute Gasteiger partial charge is 0.247 e. The second kappa shape index (κ2) is 8.27. The molecule has 1 saturated heterocycles. The Labute approximate surface area is 139 Å². The van der Waals surface area contributed by atoms with Gasteiger partial charge in [-0.25, -0.2) is 0 Å². The number of aromatic nitrogens is 3. The summed E-state index contributed by atoms with van der Waals surface area (Å²) < 4.78 is 0. The molecule has 1 unspecified atom stereocenters. The molecule has 2 aliphatic rings. The minimum absolute atomic E-state index is 0.563. The van der Waals surface area contributed by atoms with Crippen LogP contribution in [0.15, 0.2) is 17.8 Å². The minimum Gasteiger partial charge on any atom is -0.368 e. The Morgan fingerprint density at radius 1 is 1.26 bits per heavy atom. The molecule has 1 aliphatic carbocycles. The molecule has 0 spiro atoms. The first-order chi connectivity index (χ1) is 11.4. The maximum absolute atomic E-state index is 4.70. The molecule has 1 aromatic rings. The monoisotopic (exact) mass is 315 g/mol. The van der Waals surface area contributed by atoms with E-state index in [9.17, 15) is 0 Å². The van der Waals surface area contributed by atoms with Crippen molar-refractivity contribution in [2.75, 3.05) is 23.3 Å². The highest BCUT2D eigenvalue weighted by molar-refractivity contribution is 5.40. The molecule has 5 nitrogen and oxygen atoms in total. The third-order valence-corrected chi connectivity index (χ3v) is 5.04. The van der Waals surface area contributed by atoms with Gasteiger partial charge in [0.25, 0.3) is 0 Å². The van der Waals surface area contributed by atoms with Gasteiger partial charge < -0.3 is 10.2 Å². The number of hydrogen-bond acceptors (Lipinski definition) is 5. The number of allylic oxidation sites excluding steroid dienone is 1. The normalized spacial score (nSPS) is 21.9. The van der Waals surface area contributed by atoms with Crippen molar-refractivity contribution in [1.29, 1.82) is 0 Å². The van der Waals surface area contributed by atoms with E-state index in [0.717, 1.165) is 37.7 Å². The van der Waals surface area contributed by atoms with Crippen molar-refractivity contribution < 1.29 is 0 Å². The molecule has 1 N–H and O–H groups in total. The van der Waals surface area contributed by atoms with E-state index in [1.165, 1.54) is 44.9 Å². The van der Waals surface area contributed by atoms with Gasteiger partial charge in [0.15, 0.2) is 5.82 Å². The van der Waals surface area contributed by atoms with Crippen molar-refractivity contribution in [1.82, 2.24) is 15.2 Å². The summed E-state index contributed by atoms with van der Waals surface area (Å²) in [6.45, 7) is 4.23. The van der Waals surface area contributed by atoms with Crippen LogP contribution in [0.1, 0.15) is 64.7 Å². The van der Waals surface area contributed by atoms with Gasteiger partial charge in [-0.1, -0.05) is 18.6 Å². The van der Waals surface area contributed by atoms with E-state index in [0.29, 0.717) is 6.04 Å². The van der Waals surface area contributed by atoms with Gasteiger partial charge in [0.1, 0.15) is 0 Å². The van der Waals surface area contributed by atoms with Crippen LogP contribution in [0.3, 0.4) is 0 Å². The fraction of sp³-hybridized carbons (Fsp3) is 0.722. The van der Waals surface area contributed by atoms with Crippen molar-refractivity contribution in [3.8, 4) is 0 Å². The summed E-state index contributed by atoms with van der Waals surface area (Å²) in [5, 5.41) is 11.9. The van der Waals surface area contributed by atoms with Gasteiger partial charge in [0.2, 0.25) is 5.95 Å². The van der Waals surface area contributed by atoms with Crippen LogP contribution in [0.2, 0.25) is 0 Å². The third-order valence-electron chi connectivity index (χ3n) is 5.04.